The summed E-state index contributed by atoms with van der Waals surface area (Å²) in [5.41, 5.74) is 2.40. The van der Waals surface area contributed by atoms with Gasteiger partial charge >= 0.3 is 0 Å². The molecule has 1 aromatic heterocycles. The number of rotatable bonds is 5. The SMILES string of the molecule is Cc1cc([C@@H](NC[C@H]2CCCS2(=O)=O)c2cccnc2)ccc1F. The van der Waals surface area contributed by atoms with Crippen molar-refractivity contribution in [2.24, 2.45) is 0 Å². The molecule has 0 spiro atoms. The minimum atomic E-state index is -3.00. The molecular weight excluding hydrogens is 327 g/mol. The molecule has 2 heterocycles. The van der Waals surface area contributed by atoms with Crippen molar-refractivity contribution in [3.8, 4) is 0 Å². The first-order valence-corrected chi connectivity index (χ1v) is 9.80. The minimum absolute atomic E-state index is 0.214. The summed E-state index contributed by atoms with van der Waals surface area (Å²) in [7, 11) is -3.00. The maximum Gasteiger partial charge on any atom is 0.154 e. The van der Waals surface area contributed by atoms with E-state index in [2.05, 4.69) is 10.3 Å². The first kappa shape index (κ1) is 17.0. The molecule has 2 atom stereocenters. The van der Waals surface area contributed by atoms with Gasteiger partial charge in [0.05, 0.1) is 17.0 Å². The molecular formula is C18H21FN2O2S. The van der Waals surface area contributed by atoms with Crippen LogP contribution in [0.5, 0.6) is 0 Å². The van der Waals surface area contributed by atoms with E-state index < -0.39 is 9.84 Å². The summed E-state index contributed by atoms with van der Waals surface area (Å²) in [6.07, 6.45) is 4.86. The van der Waals surface area contributed by atoms with E-state index in [1.165, 1.54) is 6.07 Å². The fourth-order valence-corrected chi connectivity index (χ4v) is 4.94. The van der Waals surface area contributed by atoms with Crippen LogP contribution in [0.15, 0.2) is 42.7 Å². The Morgan fingerprint density at radius 3 is 2.79 bits per heavy atom. The smallest absolute Gasteiger partial charge is 0.154 e. The number of hydrogen-bond acceptors (Lipinski definition) is 4. The van der Waals surface area contributed by atoms with Crippen LogP contribution >= 0.6 is 0 Å². The average molecular weight is 348 g/mol. The molecule has 0 bridgehead atoms. The van der Waals surface area contributed by atoms with E-state index in [1.807, 2.05) is 12.1 Å². The topological polar surface area (TPSA) is 59.1 Å². The number of nitrogens with zero attached hydrogens (tertiary/aromatic N) is 1. The van der Waals surface area contributed by atoms with Crippen molar-refractivity contribution in [3.05, 3.63) is 65.2 Å². The monoisotopic (exact) mass is 348 g/mol. The predicted octanol–water partition coefficient (Wildman–Crippen LogP) is 2.79. The van der Waals surface area contributed by atoms with Gasteiger partial charge in [-0.3, -0.25) is 4.98 Å². The van der Waals surface area contributed by atoms with Gasteiger partial charge in [0.15, 0.2) is 9.84 Å². The zero-order chi connectivity index (χ0) is 17.2. The van der Waals surface area contributed by atoms with Crippen molar-refractivity contribution in [3.63, 3.8) is 0 Å². The number of pyridine rings is 1. The highest BCUT2D eigenvalue weighted by Crippen LogP contribution is 2.25. The molecule has 0 saturated carbocycles. The lowest BCUT2D eigenvalue weighted by atomic mass is 9.98. The van der Waals surface area contributed by atoms with Crippen LogP contribution in [0.4, 0.5) is 4.39 Å². The third-order valence-corrected chi connectivity index (χ3v) is 6.82. The number of halogens is 1. The fourth-order valence-electron chi connectivity index (χ4n) is 3.16. The van der Waals surface area contributed by atoms with E-state index in [4.69, 9.17) is 0 Å². The zero-order valence-electron chi connectivity index (χ0n) is 13.6. The quantitative estimate of drug-likeness (QED) is 0.903. The van der Waals surface area contributed by atoms with Gasteiger partial charge in [-0.2, -0.15) is 0 Å². The number of aryl methyl sites for hydroxylation is 1. The minimum Gasteiger partial charge on any atom is -0.305 e. The second-order valence-corrected chi connectivity index (χ2v) is 8.67. The van der Waals surface area contributed by atoms with Crippen molar-refractivity contribution < 1.29 is 12.8 Å². The molecule has 2 aromatic rings. The van der Waals surface area contributed by atoms with E-state index in [0.29, 0.717) is 18.5 Å². The summed E-state index contributed by atoms with van der Waals surface area (Å²) >= 11 is 0. The summed E-state index contributed by atoms with van der Waals surface area (Å²) in [6.45, 7) is 2.11. The first-order valence-electron chi connectivity index (χ1n) is 8.08. The Balaban J connectivity index is 1.87. The number of hydrogen-bond donors (Lipinski definition) is 1. The Morgan fingerprint density at radius 1 is 1.33 bits per heavy atom. The number of nitrogens with one attached hydrogen (secondary N) is 1. The summed E-state index contributed by atoms with van der Waals surface area (Å²) in [5, 5.41) is 3.01. The van der Waals surface area contributed by atoms with Crippen LogP contribution in [-0.4, -0.2) is 30.9 Å². The lowest BCUT2D eigenvalue weighted by molar-refractivity contribution is 0.550. The third-order valence-electron chi connectivity index (χ3n) is 4.55. The van der Waals surface area contributed by atoms with E-state index >= 15 is 0 Å². The molecule has 0 aliphatic carbocycles. The van der Waals surface area contributed by atoms with Gasteiger partial charge in [-0.05, 0) is 48.6 Å². The molecule has 24 heavy (non-hydrogen) atoms. The summed E-state index contributed by atoms with van der Waals surface area (Å²) in [5.74, 6) is 0.0223. The second-order valence-electron chi connectivity index (χ2n) is 6.27. The Hall–Kier alpha value is -1.79. The number of sulfone groups is 1. The molecule has 6 heteroatoms. The number of aromatic nitrogens is 1. The molecule has 1 N–H and O–H groups in total. The Labute approximate surface area is 142 Å². The Bertz CT molecular complexity index is 809. The van der Waals surface area contributed by atoms with Gasteiger partial charge < -0.3 is 5.32 Å². The van der Waals surface area contributed by atoms with Gasteiger partial charge in [0.1, 0.15) is 5.82 Å². The van der Waals surface area contributed by atoms with Crippen LogP contribution in [-0.2, 0) is 9.84 Å². The van der Waals surface area contributed by atoms with Crippen molar-refractivity contribution in [2.45, 2.75) is 31.1 Å². The maximum atomic E-state index is 13.6. The molecule has 1 fully saturated rings. The lowest BCUT2D eigenvalue weighted by Gasteiger charge is -2.22. The summed E-state index contributed by atoms with van der Waals surface area (Å²) in [6, 6.07) is 8.54. The van der Waals surface area contributed by atoms with Gasteiger partial charge in [0.2, 0.25) is 0 Å². The summed E-state index contributed by atoms with van der Waals surface area (Å²) in [4.78, 5) is 4.15. The normalized spacial score (nSPS) is 20.8. The fraction of sp³-hybridized carbons (Fsp3) is 0.389. The van der Waals surface area contributed by atoms with Crippen molar-refractivity contribution >= 4 is 9.84 Å². The largest absolute Gasteiger partial charge is 0.305 e. The predicted molar refractivity (Wildman–Crippen MR) is 92.0 cm³/mol. The third kappa shape index (κ3) is 3.65. The second kappa shape index (κ2) is 6.99. The zero-order valence-corrected chi connectivity index (χ0v) is 14.4. The Morgan fingerprint density at radius 2 is 2.17 bits per heavy atom. The summed E-state index contributed by atoms with van der Waals surface area (Å²) < 4.78 is 37.7. The van der Waals surface area contributed by atoms with E-state index in [-0.39, 0.29) is 22.9 Å². The van der Waals surface area contributed by atoms with Gasteiger partial charge in [0, 0.05) is 18.9 Å². The number of benzene rings is 1. The highest BCUT2D eigenvalue weighted by atomic mass is 32.2. The van der Waals surface area contributed by atoms with Crippen LogP contribution in [0.25, 0.3) is 0 Å². The maximum absolute atomic E-state index is 13.6. The molecule has 4 nitrogen and oxygen atoms in total. The first-order chi connectivity index (χ1) is 11.5. The molecule has 0 radical (unpaired) electrons. The standard InChI is InChI=1S/C18H21FN2O2S/c1-13-10-14(6-7-17(13)19)18(15-4-2-8-20-11-15)21-12-16-5-3-9-24(16,22)23/h2,4,6-8,10-11,16,18,21H,3,5,9,12H2,1H3/t16-,18-/m1/s1. The van der Waals surface area contributed by atoms with Crippen LogP contribution in [0.3, 0.4) is 0 Å². The molecule has 0 unspecified atom stereocenters. The van der Waals surface area contributed by atoms with Crippen LogP contribution < -0.4 is 5.32 Å². The average Bonchev–Trinajstić information content (AvgIpc) is 2.90. The highest BCUT2D eigenvalue weighted by molar-refractivity contribution is 7.92. The molecule has 1 aliphatic heterocycles. The van der Waals surface area contributed by atoms with E-state index in [0.717, 1.165) is 17.5 Å². The van der Waals surface area contributed by atoms with E-state index in [9.17, 15) is 12.8 Å². The molecule has 1 aliphatic rings. The molecule has 3 rings (SSSR count). The van der Waals surface area contributed by atoms with E-state index in [1.54, 1.807) is 31.5 Å². The molecule has 1 aromatic carbocycles. The lowest BCUT2D eigenvalue weighted by Crippen LogP contribution is -2.33. The van der Waals surface area contributed by atoms with Crippen molar-refractivity contribution in [2.75, 3.05) is 12.3 Å². The van der Waals surface area contributed by atoms with Crippen LogP contribution in [0, 0.1) is 12.7 Å². The molecule has 1 saturated heterocycles. The van der Waals surface area contributed by atoms with Crippen LogP contribution in [0.2, 0.25) is 0 Å². The highest BCUT2D eigenvalue weighted by Gasteiger charge is 2.31. The van der Waals surface area contributed by atoms with Crippen molar-refractivity contribution in [1.29, 1.82) is 0 Å². The van der Waals surface area contributed by atoms with Crippen LogP contribution in [0.1, 0.15) is 35.6 Å². The van der Waals surface area contributed by atoms with Gasteiger partial charge in [-0.25, -0.2) is 12.8 Å². The van der Waals surface area contributed by atoms with Gasteiger partial charge in [-0.1, -0.05) is 18.2 Å². The van der Waals surface area contributed by atoms with Gasteiger partial charge in [-0.15, -0.1) is 0 Å². The van der Waals surface area contributed by atoms with Crippen molar-refractivity contribution in [1.82, 2.24) is 10.3 Å². The molecule has 0 amide bonds. The molecule has 128 valence electrons. The Kier molecular flexibility index (Phi) is 4.96. The van der Waals surface area contributed by atoms with Gasteiger partial charge in [0.25, 0.3) is 0 Å².